The molecular formula is C17H14BrN3O2. The van der Waals surface area contributed by atoms with Gasteiger partial charge >= 0.3 is 6.03 Å². The number of pyridine rings is 1. The van der Waals surface area contributed by atoms with Crippen LogP contribution in [0.2, 0.25) is 0 Å². The minimum Gasteiger partial charge on any atom is -0.497 e. The molecule has 1 heterocycles. The molecule has 2 amide bonds. The number of hydrogen-bond donors (Lipinski definition) is 2. The summed E-state index contributed by atoms with van der Waals surface area (Å²) in [6, 6.07) is 14.3. The highest BCUT2D eigenvalue weighted by Crippen LogP contribution is 2.28. The molecule has 0 radical (unpaired) electrons. The highest BCUT2D eigenvalue weighted by molar-refractivity contribution is 9.10. The number of aromatic nitrogens is 1. The predicted octanol–water partition coefficient (Wildman–Crippen LogP) is 4.65. The number of fused-ring (bicyclic) bond motifs is 1. The van der Waals surface area contributed by atoms with Crippen molar-refractivity contribution in [1.29, 1.82) is 0 Å². The summed E-state index contributed by atoms with van der Waals surface area (Å²) in [4.78, 5) is 16.5. The maximum absolute atomic E-state index is 12.2. The lowest BCUT2D eigenvalue weighted by Crippen LogP contribution is -2.19. The molecule has 116 valence electrons. The number of benzene rings is 2. The van der Waals surface area contributed by atoms with Crippen molar-refractivity contribution < 1.29 is 9.53 Å². The molecule has 0 aliphatic heterocycles. The zero-order valence-corrected chi connectivity index (χ0v) is 13.9. The van der Waals surface area contributed by atoms with Gasteiger partial charge in [0.05, 0.1) is 18.3 Å². The molecule has 1 aromatic heterocycles. The number of amides is 2. The fourth-order valence-electron chi connectivity index (χ4n) is 2.20. The van der Waals surface area contributed by atoms with Gasteiger partial charge in [-0.1, -0.05) is 22.0 Å². The third kappa shape index (κ3) is 3.43. The van der Waals surface area contributed by atoms with Crippen LogP contribution in [-0.4, -0.2) is 18.1 Å². The number of carbonyl (C=O) groups excluding carboxylic acids is 1. The van der Waals surface area contributed by atoms with Crippen LogP contribution in [0.1, 0.15) is 0 Å². The summed E-state index contributed by atoms with van der Waals surface area (Å²) in [5.74, 6) is 0.735. The molecule has 2 N–H and O–H groups in total. The summed E-state index contributed by atoms with van der Waals surface area (Å²) in [6.45, 7) is 0. The van der Waals surface area contributed by atoms with E-state index in [0.717, 1.165) is 21.1 Å². The average Bonchev–Trinajstić information content (AvgIpc) is 2.58. The van der Waals surface area contributed by atoms with Crippen LogP contribution in [0.15, 0.2) is 59.2 Å². The van der Waals surface area contributed by atoms with Crippen LogP contribution in [0.4, 0.5) is 16.2 Å². The molecule has 0 fully saturated rings. The second-order valence-corrected chi connectivity index (χ2v) is 5.66. The first-order chi connectivity index (χ1) is 11.2. The smallest absolute Gasteiger partial charge is 0.323 e. The molecule has 0 spiro atoms. The first kappa shape index (κ1) is 15.3. The molecule has 0 aliphatic carbocycles. The average molecular weight is 372 g/mol. The number of rotatable bonds is 3. The van der Waals surface area contributed by atoms with E-state index in [4.69, 9.17) is 4.74 Å². The summed E-state index contributed by atoms with van der Waals surface area (Å²) in [6.07, 6.45) is 1.70. The van der Waals surface area contributed by atoms with Crippen LogP contribution in [0.5, 0.6) is 5.75 Å². The van der Waals surface area contributed by atoms with Gasteiger partial charge in [-0.15, -0.1) is 0 Å². The molecule has 3 rings (SSSR count). The van der Waals surface area contributed by atoms with Gasteiger partial charge in [0.2, 0.25) is 0 Å². The van der Waals surface area contributed by atoms with Crippen molar-refractivity contribution in [3.05, 3.63) is 59.2 Å². The van der Waals surface area contributed by atoms with Crippen LogP contribution in [0.25, 0.3) is 10.9 Å². The van der Waals surface area contributed by atoms with E-state index in [1.807, 2.05) is 24.3 Å². The number of nitrogens with zero attached hydrogens (tertiary/aromatic N) is 1. The number of carbonyl (C=O) groups is 1. The van der Waals surface area contributed by atoms with E-state index < -0.39 is 0 Å². The lowest BCUT2D eigenvalue weighted by Gasteiger charge is -2.10. The summed E-state index contributed by atoms with van der Waals surface area (Å²) in [5, 5.41) is 6.54. The third-order valence-corrected chi connectivity index (χ3v) is 4.00. The van der Waals surface area contributed by atoms with Crippen molar-refractivity contribution in [3.63, 3.8) is 0 Å². The van der Waals surface area contributed by atoms with Crippen LogP contribution >= 0.6 is 15.9 Å². The Balaban J connectivity index is 1.79. The Hall–Kier alpha value is -2.60. The van der Waals surface area contributed by atoms with Crippen molar-refractivity contribution in [2.75, 3.05) is 17.7 Å². The number of methoxy groups -OCH3 is 1. The van der Waals surface area contributed by atoms with Gasteiger partial charge < -0.3 is 15.4 Å². The van der Waals surface area contributed by atoms with Gasteiger partial charge in [0, 0.05) is 21.7 Å². The number of nitrogens with one attached hydrogen (secondary N) is 2. The van der Waals surface area contributed by atoms with Gasteiger partial charge in [0.25, 0.3) is 0 Å². The second-order valence-electron chi connectivity index (χ2n) is 4.80. The standard InChI is InChI=1S/C17H14BrN3O2/c1-23-12-6-4-11(5-7-12)20-17(22)21-15-9-8-14(18)13-3-2-10-19-16(13)15/h2-10H,1H3,(H2,20,21,22). The highest BCUT2D eigenvalue weighted by Gasteiger charge is 2.09. The molecule has 0 aliphatic rings. The Morgan fingerprint density at radius 2 is 1.87 bits per heavy atom. The zero-order chi connectivity index (χ0) is 16.2. The van der Waals surface area contributed by atoms with Crippen molar-refractivity contribution in [2.45, 2.75) is 0 Å². The van der Waals surface area contributed by atoms with Gasteiger partial charge in [-0.05, 0) is 42.5 Å². The maximum Gasteiger partial charge on any atom is 0.323 e. The van der Waals surface area contributed by atoms with E-state index >= 15 is 0 Å². The molecule has 0 unspecified atom stereocenters. The van der Waals surface area contributed by atoms with E-state index in [2.05, 4.69) is 31.5 Å². The Morgan fingerprint density at radius 3 is 2.61 bits per heavy atom. The van der Waals surface area contributed by atoms with E-state index in [1.165, 1.54) is 0 Å². The molecule has 23 heavy (non-hydrogen) atoms. The molecule has 0 saturated heterocycles. The van der Waals surface area contributed by atoms with Gasteiger partial charge in [-0.2, -0.15) is 0 Å². The minimum absolute atomic E-state index is 0.329. The van der Waals surface area contributed by atoms with Gasteiger partial charge in [-0.3, -0.25) is 4.98 Å². The summed E-state index contributed by atoms with van der Waals surface area (Å²) >= 11 is 3.48. The number of ether oxygens (including phenoxy) is 1. The largest absolute Gasteiger partial charge is 0.497 e. The quantitative estimate of drug-likeness (QED) is 0.704. The van der Waals surface area contributed by atoms with Crippen molar-refractivity contribution in [3.8, 4) is 5.75 Å². The van der Waals surface area contributed by atoms with Crippen LogP contribution in [0, 0.1) is 0 Å². The predicted molar refractivity (Wildman–Crippen MR) is 95.1 cm³/mol. The van der Waals surface area contributed by atoms with E-state index in [0.29, 0.717) is 11.4 Å². The summed E-state index contributed by atoms with van der Waals surface area (Å²) in [5.41, 5.74) is 2.05. The highest BCUT2D eigenvalue weighted by atomic mass is 79.9. The maximum atomic E-state index is 12.2. The van der Waals surface area contributed by atoms with E-state index in [1.54, 1.807) is 37.6 Å². The minimum atomic E-state index is -0.329. The number of urea groups is 1. The number of hydrogen-bond acceptors (Lipinski definition) is 3. The number of anilines is 2. The first-order valence-electron chi connectivity index (χ1n) is 6.92. The Labute approximate surface area is 141 Å². The summed E-state index contributed by atoms with van der Waals surface area (Å²) in [7, 11) is 1.60. The molecular weight excluding hydrogens is 358 g/mol. The topological polar surface area (TPSA) is 63.2 Å². The Morgan fingerprint density at radius 1 is 1.09 bits per heavy atom. The first-order valence-corrected chi connectivity index (χ1v) is 7.72. The second kappa shape index (κ2) is 6.66. The SMILES string of the molecule is COc1ccc(NC(=O)Nc2ccc(Br)c3cccnc23)cc1. The molecule has 0 bridgehead atoms. The van der Waals surface area contributed by atoms with Gasteiger partial charge in [-0.25, -0.2) is 4.79 Å². The van der Waals surface area contributed by atoms with E-state index in [-0.39, 0.29) is 6.03 Å². The van der Waals surface area contributed by atoms with Crippen molar-refractivity contribution in [1.82, 2.24) is 4.98 Å². The van der Waals surface area contributed by atoms with Crippen LogP contribution < -0.4 is 15.4 Å². The molecule has 5 nitrogen and oxygen atoms in total. The number of halogens is 1. The lowest BCUT2D eigenvalue weighted by molar-refractivity contribution is 0.262. The molecule has 0 saturated carbocycles. The molecule has 2 aromatic carbocycles. The van der Waals surface area contributed by atoms with Gasteiger partial charge in [0.15, 0.2) is 0 Å². The Bertz CT molecular complexity index is 850. The monoisotopic (exact) mass is 371 g/mol. The summed E-state index contributed by atoms with van der Waals surface area (Å²) < 4.78 is 6.02. The fourth-order valence-corrected chi connectivity index (χ4v) is 2.65. The molecule has 3 aromatic rings. The van der Waals surface area contributed by atoms with Crippen molar-refractivity contribution in [2.24, 2.45) is 0 Å². The molecule has 0 atom stereocenters. The van der Waals surface area contributed by atoms with Crippen LogP contribution in [-0.2, 0) is 0 Å². The Kier molecular flexibility index (Phi) is 4.43. The van der Waals surface area contributed by atoms with Crippen LogP contribution in [0.3, 0.4) is 0 Å². The van der Waals surface area contributed by atoms with E-state index in [9.17, 15) is 4.79 Å². The van der Waals surface area contributed by atoms with Crippen molar-refractivity contribution >= 4 is 44.2 Å². The molecule has 6 heteroatoms. The normalized spacial score (nSPS) is 10.3. The van der Waals surface area contributed by atoms with Gasteiger partial charge in [0.1, 0.15) is 5.75 Å². The lowest BCUT2D eigenvalue weighted by atomic mass is 10.2. The fraction of sp³-hybridized carbons (Fsp3) is 0.0588. The zero-order valence-electron chi connectivity index (χ0n) is 12.3. The third-order valence-electron chi connectivity index (χ3n) is 3.31.